The second-order valence-electron chi connectivity index (χ2n) is 11.5. The van der Waals surface area contributed by atoms with Gasteiger partial charge in [0.25, 0.3) is 0 Å². The number of benzene rings is 5. The fraction of sp³-hybridized carbons (Fsp3) is 0. The van der Waals surface area contributed by atoms with Gasteiger partial charge in [0.15, 0.2) is 11.2 Å². The van der Waals surface area contributed by atoms with Crippen LogP contribution < -0.4 is 0 Å². The summed E-state index contributed by atoms with van der Waals surface area (Å²) in [7, 11) is 0. The molecule has 9 aromatic rings. The van der Waals surface area contributed by atoms with E-state index in [0.717, 1.165) is 50.1 Å². The van der Waals surface area contributed by atoms with E-state index >= 15 is 0 Å². The summed E-state index contributed by atoms with van der Waals surface area (Å²) in [6.07, 6.45) is 5.07. The zero-order chi connectivity index (χ0) is 31.3. The molecule has 0 amide bonds. The fourth-order valence-corrected chi connectivity index (χ4v) is 6.50. The zero-order valence-corrected chi connectivity index (χ0v) is 25.1. The van der Waals surface area contributed by atoms with E-state index in [4.69, 9.17) is 14.4 Å². The lowest BCUT2D eigenvalue weighted by atomic mass is 9.95. The van der Waals surface area contributed by atoms with Crippen molar-refractivity contribution in [2.45, 2.75) is 0 Å². The molecular formula is C41H26N4O2. The second-order valence-corrected chi connectivity index (χ2v) is 11.5. The van der Waals surface area contributed by atoms with Crippen LogP contribution in [0.25, 0.3) is 83.6 Å². The molecule has 4 heterocycles. The van der Waals surface area contributed by atoms with Crippen molar-refractivity contribution in [2.75, 3.05) is 0 Å². The molecule has 222 valence electrons. The number of pyridine rings is 2. The monoisotopic (exact) mass is 606 g/mol. The molecule has 9 rings (SSSR count). The number of fused-ring (bicyclic) bond motifs is 4. The molecule has 47 heavy (non-hydrogen) atoms. The summed E-state index contributed by atoms with van der Waals surface area (Å²) >= 11 is 0. The van der Waals surface area contributed by atoms with E-state index in [2.05, 4.69) is 125 Å². The molecule has 4 aromatic heterocycles. The summed E-state index contributed by atoms with van der Waals surface area (Å²) < 4.78 is 8.17. The van der Waals surface area contributed by atoms with Crippen molar-refractivity contribution in [3.8, 4) is 56.5 Å². The first kappa shape index (κ1) is 26.8. The van der Waals surface area contributed by atoms with Gasteiger partial charge < -0.3 is 9.52 Å². The van der Waals surface area contributed by atoms with Crippen LogP contribution in [0, 0.1) is 0 Å². The quantitative estimate of drug-likeness (QED) is 0.211. The Morgan fingerprint density at radius 2 is 1.21 bits per heavy atom. The largest absolute Gasteiger partial charge is 0.505 e. The molecule has 0 aliphatic carbocycles. The first-order chi connectivity index (χ1) is 23.2. The number of aromatic hydroxyl groups is 1. The average molecular weight is 607 g/mol. The SMILES string of the molecule is Oc1cncc2oc3ccc(-c4cn(-c5c(-c6ccccc6)cccc5-c5ccccc5)c(-c5cccc6ccccc56)n4)nc3c12. The summed E-state index contributed by atoms with van der Waals surface area (Å²) in [5, 5.41) is 13.4. The van der Waals surface area contributed by atoms with Gasteiger partial charge in [-0.05, 0) is 34.0 Å². The third-order valence-corrected chi connectivity index (χ3v) is 8.65. The molecule has 1 N–H and O–H groups in total. The lowest BCUT2D eigenvalue weighted by Crippen LogP contribution is -2.02. The van der Waals surface area contributed by atoms with Crippen LogP contribution in [0.2, 0.25) is 0 Å². The summed E-state index contributed by atoms with van der Waals surface area (Å²) in [5.41, 5.74) is 9.37. The molecule has 0 radical (unpaired) electrons. The summed E-state index contributed by atoms with van der Waals surface area (Å²) in [6, 6.07) is 45.9. The normalized spacial score (nSPS) is 11.5. The van der Waals surface area contributed by atoms with E-state index < -0.39 is 0 Å². The van der Waals surface area contributed by atoms with E-state index in [1.54, 1.807) is 6.20 Å². The topological polar surface area (TPSA) is 77.0 Å². The van der Waals surface area contributed by atoms with Crippen molar-refractivity contribution < 1.29 is 9.52 Å². The van der Waals surface area contributed by atoms with E-state index in [-0.39, 0.29) is 5.75 Å². The van der Waals surface area contributed by atoms with E-state index in [1.165, 1.54) is 6.20 Å². The minimum atomic E-state index is 0.0252. The number of hydrogen-bond donors (Lipinski definition) is 1. The number of furan rings is 1. The molecule has 6 nitrogen and oxygen atoms in total. The smallest absolute Gasteiger partial charge is 0.159 e. The molecule has 0 saturated heterocycles. The molecule has 0 unspecified atom stereocenters. The molecule has 0 saturated carbocycles. The highest BCUT2D eigenvalue weighted by molar-refractivity contribution is 6.06. The van der Waals surface area contributed by atoms with Crippen molar-refractivity contribution >= 4 is 32.8 Å². The molecular weight excluding hydrogens is 580 g/mol. The Balaban J connectivity index is 1.37. The van der Waals surface area contributed by atoms with Gasteiger partial charge in [-0.25, -0.2) is 9.97 Å². The van der Waals surface area contributed by atoms with Crippen LogP contribution in [-0.2, 0) is 0 Å². The van der Waals surface area contributed by atoms with Gasteiger partial charge in [-0.2, -0.15) is 0 Å². The summed E-state index contributed by atoms with van der Waals surface area (Å²) in [6.45, 7) is 0. The fourth-order valence-electron chi connectivity index (χ4n) is 6.50. The predicted octanol–water partition coefficient (Wildman–Crippen LogP) is 10.1. The van der Waals surface area contributed by atoms with Gasteiger partial charge in [0.2, 0.25) is 0 Å². The van der Waals surface area contributed by atoms with E-state index in [0.29, 0.717) is 33.5 Å². The highest BCUT2D eigenvalue weighted by atomic mass is 16.3. The second kappa shape index (κ2) is 10.8. The predicted molar refractivity (Wildman–Crippen MR) is 187 cm³/mol. The number of hydrogen-bond acceptors (Lipinski definition) is 5. The Hall–Kier alpha value is -6.53. The third-order valence-electron chi connectivity index (χ3n) is 8.65. The standard InChI is InChI=1S/C41H26N4O2/c46-35-23-42-24-37-38(35)39-36(47-37)22-21-33(43-39)34-25-45(41(44-34)32-20-9-16-26-15-7-8-17-29(26)32)40-30(27-11-3-1-4-12-27)18-10-19-31(40)28-13-5-2-6-14-28/h1-25,46H. The summed E-state index contributed by atoms with van der Waals surface area (Å²) in [4.78, 5) is 14.4. The van der Waals surface area contributed by atoms with Gasteiger partial charge in [-0.3, -0.25) is 9.55 Å². The van der Waals surface area contributed by atoms with Crippen LogP contribution in [0.15, 0.2) is 156 Å². The van der Waals surface area contributed by atoms with Crippen molar-refractivity contribution in [3.63, 3.8) is 0 Å². The maximum Gasteiger partial charge on any atom is 0.159 e. The van der Waals surface area contributed by atoms with E-state index in [9.17, 15) is 5.11 Å². The van der Waals surface area contributed by atoms with Gasteiger partial charge >= 0.3 is 0 Å². The van der Waals surface area contributed by atoms with Crippen LogP contribution >= 0.6 is 0 Å². The first-order valence-electron chi connectivity index (χ1n) is 15.4. The molecule has 6 heteroatoms. The Labute approximate surface area is 269 Å². The lowest BCUT2D eigenvalue weighted by Gasteiger charge is -2.19. The highest BCUT2D eigenvalue weighted by Gasteiger charge is 2.22. The molecule has 0 bridgehead atoms. The first-order valence-corrected chi connectivity index (χ1v) is 15.4. The highest BCUT2D eigenvalue weighted by Crippen LogP contribution is 2.41. The molecule has 5 aromatic carbocycles. The van der Waals surface area contributed by atoms with Crippen LogP contribution in [-0.4, -0.2) is 24.6 Å². The van der Waals surface area contributed by atoms with Crippen molar-refractivity contribution in [1.82, 2.24) is 19.5 Å². The lowest BCUT2D eigenvalue weighted by molar-refractivity contribution is 0.479. The van der Waals surface area contributed by atoms with Gasteiger partial charge in [0, 0.05) is 22.9 Å². The average Bonchev–Trinajstić information content (AvgIpc) is 3.74. The molecule has 0 fully saturated rings. The maximum atomic E-state index is 10.7. The molecule has 0 aliphatic heterocycles. The number of nitrogens with zero attached hydrogens (tertiary/aromatic N) is 4. The van der Waals surface area contributed by atoms with Crippen molar-refractivity contribution in [1.29, 1.82) is 0 Å². The molecule has 0 spiro atoms. The number of rotatable bonds is 5. The van der Waals surface area contributed by atoms with Crippen LogP contribution in [0.3, 0.4) is 0 Å². The Bertz CT molecular complexity index is 2520. The zero-order valence-electron chi connectivity index (χ0n) is 25.1. The van der Waals surface area contributed by atoms with Crippen molar-refractivity contribution in [3.05, 3.63) is 152 Å². The number of imidazole rings is 1. The molecule has 0 aliphatic rings. The number of para-hydroxylation sites is 1. The van der Waals surface area contributed by atoms with Gasteiger partial charge in [0.05, 0.1) is 29.2 Å². The Kier molecular flexibility index (Phi) is 6.18. The third kappa shape index (κ3) is 4.46. The van der Waals surface area contributed by atoms with Gasteiger partial charge in [-0.15, -0.1) is 0 Å². The van der Waals surface area contributed by atoms with Crippen molar-refractivity contribution in [2.24, 2.45) is 0 Å². The number of aromatic nitrogens is 4. The minimum absolute atomic E-state index is 0.0252. The maximum absolute atomic E-state index is 10.7. The van der Waals surface area contributed by atoms with Crippen LogP contribution in [0.4, 0.5) is 0 Å². The summed E-state index contributed by atoms with van der Waals surface area (Å²) in [5.74, 6) is 0.820. The Morgan fingerprint density at radius 1 is 0.553 bits per heavy atom. The van der Waals surface area contributed by atoms with Crippen LogP contribution in [0.5, 0.6) is 5.75 Å². The van der Waals surface area contributed by atoms with Crippen LogP contribution in [0.1, 0.15) is 0 Å². The Morgan fingerprint density at radius 3 is 1.98 bits per heavy atom. The van der Waals surface area contributed by atoms with Gasteiger partial charge in [-0.1, -0.05) is 121 Å². The van der Waals surface area contributed by atoms with Gasteiger partial charge in [0.1, 0.15) is 22.8 Å². The minimum Gasteiger partial charge on any atom is -0.505 e. The molecule has 0 atom stereocenters. The van der Waals surface area contributed by atoms with E-state index in [1.807, 2.05) is 24.3 Å².